The highest BCUT2D eigenvalue weighted by molar-refractivity contribution is 5.95. The van der Waals surface area contributed by atoms with Crippen LogP contribution in [0.15, 0.2) is 58.1 Å². The number of aromatic nitrogens is 4. The van der Waals surface area contributed by atoms with Crippen LogP contribution in [0.5, 0.6) is 11.5 Å². The molecule has 2 N–H and O–H groups in total. The summed E-state index contributed by atoms with van der Waals surface area (Å²) in [5.41, 5.74) is 2.29. The quantitative estimate of drug-likeness (QED) is 0.146. The lowest BCUT2D eigenvalue weighted by Crippen LogP contribution is -2.44. The Morgan fingerprint density at radius 3 is 1.42 bits per heavy atom. The summed E-state index contributed by atoms with van der Waals surface area (Å²) < 4.78 is 25.2. The number of fused-ring (bicyclic) bond motifs is 10. The zero-order valence-corrected chi connectivity index (χ0v) is 35.5. The van der Waals surface area contributed by atoms with Gasteiger partial charge < -0.3 is 38.3 Å². The Morgan fingerprint density at radius 1 is 0.641 bits per heavy atom. The van der Waals surface area contributed by atoms with Crippen molar-refractivity contribution in [2.24, 2.45) is 0 Å². The summed E-state index contributed by atoms with van der Waals surface area (Å²) in [5.74, 6) is -2.53. The fourth-order valence-corrected chi connectivity index (χ4v) is 9.50. The second-order valence-corrected chi connectivity index (χ2v) is 16.6. The first-order valence-electron chi connectivity index (χ1n) is 21.4. The van der Waals surface area contributed by atoms with Gasteiger partial charge in [0.15, 0.2) is 11.2 Å². The molecule has 0 aliphatic carbocycles. The summed E-state index contributed by atoms with van der Waals surface area (Å²) in [6.45, 7) is 7.04. The molecule has 326 valence electrons. The molecule has 0 bridgehead atoms. The fraction of sp³-hybridized carbons (Fsp3) is 0.333. The number of aliphatic hydroxyl groups is 2. The standard InChI is InChI=1S/C48H42N4O12/c1-5-23-9-11-35(27-15-25-19-51-33(41(25)49-39(23)27)17-31-29(43(51)55)21-61-45(57)47(31,59)7-3)63-37(53)13-14-38(54)64-36-12-10-24(6-2)40-28(36)16-26-20-52-34(42(26)50-40)18-32-30(44(52)56)22-62-46(58)48(32,60)8-4/h9-12,15-18,59-60H,5-8,13-14,19-22H2,1-4H3/t47-,48-/m0/s1. The van der Waals surface area contributed by atoms with Crippen molar-refractivity contribution >= 4 is 45.7 Å². The van der Waals surface area contributed by atoms with Gasteiger partial charge in [-0.3, -0.25) is 19.2 Å². The maximum absolute atomic E-state index is 13.7. The first-order chi connectivity index (χ1) is 30.7. The molecule has 0 saturated carbocycles. The second-order valence-electron chi connectivity index (χ2n) is 16.6. The van der Waals surface area contributed by atoms with Gasteiger partial charge in [0.25, 0.3) is 11.1 Å². The summed E-state index contributed by atoms with van der Waals surface area (Å²) in [6.07, 6.45) is 0.624. The van der Waals surface area contributed by atoms with Gasteiger partial charge in [0.1, 0.15) is 24.7 Å². The summed E-state index contributed by atoms with van der Waals surface area (Å²) in [7, 11) is 0. The number of esters is 4. The maximum Gasteiger partial charge on any atom is 0.343 e. The third-order valence-corrected chi connectivity index (χ3v) is 13.2. The molecule has 2 atom stereocenters. The van der Waals surface area contributed by atoms with Gasteiger partial charge >= 0.3 is 23.9 Å². The van der Waals surface area contributed by atoms with Crippen LogP contribution in [-0.2, 0) is 79.0 Å². The van der Waals surface area contributed by atoms with E-state index >= 15 is 0 Å². The van der Waals surface area contributed by atoms with Crippen molar-refractivity contribution in [2.45, 2.75) is 104 Å². The summed E-state index contributed by atoms with van der Waals surface area (Å²) >= 11 is 0. The number of aryl methyl sites for hydroxylation is 2. The van der Waals surface area contributed by atoms with Crippen LogP contribution in [0.2, 0.25) is 0 Å². The molecule has 10 rings (SSSR count). The van der Waals surface area contributed by atoms with E-state index in [9.17, 15) is 39.0 Å². The largest absolute Gasteiger partial charge is 0.458 e. The normalized spacial score (nSPS) is 19.0. The molecule has 0 fully saturated rings. The number of hydrogen-bond donors (Lipinski definition) is 2. The molecular formula is C48H42N4O12. The van der Waals surface area contributed by atoms with Gasteiger partial charge in [-0.1, -0.05) is 39.8 Å². The molecule has 0 saturated heterocycles. The fourth-order valence-electron chi connectivity index (χ4n) is 9.50. The molecule has 6 aromatic rings. The highest BCUT2D eigenvalue weighted by Gasteiger charge is 2.47. The van der Waals surface area contributed by atoms with Gasteiger partial charge in [-0.05, 0) is 73.2 Å². The Hall–Kier alpha value is -7.04. The average molecular weight is 867 g/mol. The van der Waals surface area contributed by atoms with E-state index in [0.29, 0.717) is 68.6 Å². The van der Waals surface area contributed by atoms with Crippen LogP contribution in [0.1, 0.15) is 97.9 Å². The number of benzene rings is 2. The van der Waals surface area contributed by atoms with E-state index in [0.717, 1.165) is 11.1 Å². The molecule has 4 aliphatic heterocycles. The smallest absolute Gasteiger partial charge is 0.343 e. The Labute approximate surface area is 364 Å². The molecule has 16 nitrogen and oxygen atoms in total. The molecule has 2 aromatic carbocycles. The minimum absolute atomic E-state index is 0.0194. The van der Waals surface area contributed by atoms with Gasteiger partial charge in [-0.15, -0.1) is 0 Å². The van der Waals surface area contributed by atoms with E-state index in [4.69, 9.17) is 28.9 Å². The van der Waals surface area contributed by atoms with E-state index in [-0.39, 0.29) is 96.9 Å². The van der Waals surface area contributed by atoms with Crippen LogP contribution >= 0.6 is 0 Å². The number of rotatable bonds is 9. The lowest BCUT2D eigenvalue weighted by atomic mass is 9.86. The average Bonchev–Trinajstić information content (AvgIpc) is 3.85. The zero-order valence-electron chi connectivity index (χ0n) is 35.5. The highest BCUT2D eigenvalue weighted by Crippen LogP contribution is 2.42. The predicted molar refractivity (Wildman–Crippen MR) is 228 cm³/mol. The molecule has 4 aromatic heterocycles. The van der Waals surface area contributed by atoms with Crippen LogP contribution in [0.25, 0.3) is 44.6 Å². The Bertz CT molecular complexity index is 3030. The highest BCUT2D eigenvalue weighted by atomic mass is 16.6. The Kier molecular flexibility index (Phi) is 9.46. The Morgan fingerprint density at radius 2 is 1.05 bits per heavy atom. The Balaban J connectivity index is 0.894. The number of ether oxygens (including phenoxy) is 4. The summed E-state index contributed by atoms with van der Waals surface area (Å²) in [5, 5.41) is 23.6. The number of cyclic esters (lactones) is 2. The van der Waals surface area contributed by atoms with Crippen LogP contribution in [0.3, 0.4) is 0 Å². The molecule has 8 heterocycles. The third-order valence-electron chi connectivity index (χ3n) is 13.2. The molecule has 0 radical (unpaired) electrons. The number of hydrogen-bond acceptors (Lipinski definition) is 14. The third kappa shape index (κ3) is 5.95. The minimum Gasteiger partial charge on any atom is -0.458 e. The summed E-state index contributed by atoms with van der Waals surface area (Å²) in [6, 6.07) is 13.9. The lowest BCUT2D eigenvalue weighted by Gasteiger charge is -2.31. The predicted octanol–water partition coefficient (Wildman–Crippen LogP) is 4.89. The topological polar surface area (TPSA) is 215 Å². The maximum atomic E-state index is 13.7. The number of carbonyl (C=O) groups excluding carboxylic acids is 4. The monoisotopic (exact) mass is 866 g/mol. The first-order valence-corrected chi connectivity index (χ1v) is 21.4. The van der Waals surface area contributed by atoms with E-state index in [1.807, 2.05) is 26.0 Å². The number of nitrogens with zero attached hydrogens (tertiary/aromatic N) is 4. The minimum atomic E-state index is -1.96. The molecule has 0 amide bonds. The van der Waals surface area contributed by atoms with E-state index < -0.39 is 35.1 Å². The van der Waals surface area contributed by atoms with Gasteiger partial charge in [0.05, 0.1) is 70.9 Å². The number of carbonyl (C=O) groups is 4. The van der Waals surface area contributed by atoms with Crippen molar-refractivity contribution in [3.63, 3.8) is 0 Å². The molecule has 64 heavy (non-hydrogen) atoms. The van der Waals surface area contributed by atoms with Crippen molar-refractivity contribution in [1.82, 2.24) is 19.1 Å². The molecule has 0 spiro atoms. The van der Waals surface area contributed by atoms with Crippen molar-refractivity contribution < 1.29 is 48.3 Å². The van der Waals surface area contributed by atoms with Gasteiger partial charge in [0.2, 0.25) is 0 Å². The van der Waals surface area contributed by atoms with Crippen molar-refractivity contribution in [3.8, 4) is 34.3 Å². The van der Waals surface area contributed by atoms with Crippen LogP contribution < -0.4 is 20.6 Å². The molecule has 0 unspecified atom stereocenters. The second kappa shape index (κ2) is 14.8. The van der Waals surface area contributed by atoms with Crippen molar-refractivity contribution in [3.05, 3.63) is 114 Å². The lowest BCUT2D eigenvalue weighted by molar-refractivity contribution is -0.172. The van der Waals surface area contributed by atoms with Crippen molar-refractivity contribution in [1.29, 1.82) is 0 Å². The first kappa shape index (κ1) is 41.0. The SMILES string of the molecule is CCc1ccc(OC(=O)CCC(=O)Oc2ccc(CC)c3nc4c(cc23)Cn2c-4cc3c(c2=O)COC(=O)[C@]3(O)CC)c2cc3c(nc12)-c1cc2c(c(=O)n1C3)COC(=O)[C@]2(O)CC. The van der Waals surface area contributed by atoms with E-state index in [2.05, 4.69) is 0 Å². The van der Waals surface area contributed by atoms with Gasteiger partial charge in [0, 0.05) is 33.0 Å². The molecule has 4 aliphatic rings. The number of pyridine rings is 4. The van der Waals surface area contributed by atoms with Crippen molar-refractivity contribution in [2.75, 3.05) is 0 Å². The molecule has 16 heteroatoms. The van der Waals surface area contributed by atoms with E-state index in [1.165, 1.54) is 9.13 Å². The molecular weight excluding hydrogens is 825 g/mol. The van der Waals surface area contributed by atoms with E-state index in [1.54, 1.807) is 50.2 Å². The van der Waals surface area contributed by atoms with Crippen LogP contribution in [0.4, 0.5) is 0 Å². The summed E-state index contributed by atoms with van der Waals surface area (Å²) in [4.78, 5) is 89.4. The zero-order chi connectivity index (χ0) is 45.0. The van der Waals surface area contributed by atoms with Crippen LogP contribution in [0, 0.1) is 0 Å². The van der Waals surface area contributed by atoms with Crippen LogP contribution in [-0.4, -0.2) is 53.2 Å². The van der Waals surface area contributed by atoms with Gasteiger partial charge in [-0.25, -0.2) is 19.6 Å². The van der Waals surface area contributed by atoms with Gasteiger partial charge in [-0.2, -0.15) is 0 Å².